The molecular weight excluding hydrogens is 202 g/mol. The molecular formula is C9H12ClN3O. The van der Waals surface area contributed by atoms with Crippen molar-refractivity contribution < 1.29 is 4.79 Å². The molecule has 1 aromatic rings. The summed E-state index contributed by atoms with van der Waals surface area (Å²) in [5.74, 6) is 0.158. The Hall–Kier alpha value is -1.03. The Morgan fingerprint density at radius 3 is 3.00 bits per heavy atom. The number of halogens is 1. The van der Waals surface area contributed by atoms with Gasteiger partial charge in [-0.3, -0.25) is 4.79 Å². The zero-order chi connectivity index (χ0) is 9.97. The van der Waals surface area contributed by atoms with Crippen LogP contribution in [0.4, 0.5) is 0 Å². The van der Waals surface area contributed by atoms with Crippen LogP contribution in [0.2, 0.25) is 0 Å². The summed E-state index contributed by atoms with van der Waals surface area (Å²) in [6.07, 6.45) is 5.85. The summed E-state index contributed by atoms with van der Waals surface area (Å²) in [6, 6.07) is 0. The fraction of sp³-hybridized carbons (Fsp3) is 0.556. The number of hydrogen-bond acceptors (Lipinski definition) is 2. The maximum absolute atomic E-state index is 11.4. The first-order chi connectivity index (χ1) is 6.75. The van der Waals surface area contributed by atoms with E-state index in [1.54, 1.807) is 17.4 Å². The van der Waals surface area contributed by atoms with Crippen LogP contribution in [-0.2, 0) is 11.3 Å². The van der Waals surface area contributed by atoms with Crippen molar-refractivity contribution in [2.75, 3.05) is 13.1 Å². The van der Waals surface area contributed by atoms with Gasteiger partial charge in [0, 0.05) is 38.4 Å². The molecule has 1 saturated heterocycles. The molecule has 0 aliphatic carbocycles. The average molecular weight is 214 g/mol. The van der Waals surface area contributed by atoms with Crippen LogP contribution in [0.1, 0.15) is 6.42 Å². The Morgan fingerprint density at radius 1 is 1.57 bits per heavy atom. The molecule has 5 heteroatoms. The van der Waals surface area contributed by atoms with Crippen molar-refractivity contribution in [3.05, 3.63) is 18.7 Å². The standard InChI is InChI=1S/C9H12ClN3O/c10-8-5-9(14)13(6-8)4-3-12-2-1-11-7-12/h1-2,7-8H,3-6H2. The number of nitrogens with zero attached hydrogens (tertiary/aromatic N) is 3. The maximum atomic E-state index is 11.4. The van der Waals surface area contributed by atoms with E-state index in [4.69, 9.17) is 11.6 Å². The van der Waals surface area contributed by atoms with E-state index in [9.17, 15) is 4.79 Å². The summed E-state index contributed by atoms with van der Waals surface area (Å²) in [4.78, 5) is 17.1. The number of imidazole rings is 1. The molecule has 1 atom stereocenters. The van der Waals surface area contributed by atoms with Crippen LogP contribution in [0.15, 0.2) is 18.7 Å². The van der Waals surface area contributed by atoms with Crippen LogP contribution in [0.5, 0.6) is 0 Å². The van der Waals surface area contributed by atoms with Gasteiger partial charge in [-0.2, -0.15) is 0 Å². The fourth-order valence-corrected chi connectivity index (χ4v) is 1.89. The summed E-state index contributed by atoms with van der Waals surface area (Å²) in [5.41, 5.74) is 0. The van der Waals surface area contributed by atoms with Gasteiger partial charge in [-0.15, -0.1) is 11.6 Å². The molecule has 0 N–H and O–H groups in total. The summed E-state index contributed by atoms with van der Waals surface area (Å²) >= 11 is 5.88. The highest BCUT2D eigenvalue weighted by molar-refractivity contribution is 6.22. The number of carbonyl (C=O) groups is 1. The van der Waals surface area contributed by atoms with Crippen LogP contribution >= 0.6 is 11.6 Å². The molecule has 76 valence electrons. The largest absolute Gasteiger partial charge is 0.339 e. The number of hydrogen-bond donors (Lipinski definition) is 0. The van der Waals surface area contributed by atoms with Gasteiger partial charge in [0.15, 0.2) is 0 Å². The second-order valence-electron chi connectivity index (χ2n) is 3.44. The first kappa shape index (κ1) is 9.52. The number of carbonyl (C=O) groups excluding carboxylic acids is 1. The van der Waals surface area contributed by atoms with E-state index >= 15 is 0 Å². The third-order valence-electron chi connectivity index (χ3n) is 2.35. The minimum absolute atomic E-state index is 0.00899. The molecule has 4 nitrogen and oxygen atoms in total. The predicted molar refractivity (Wildman–Crippen MR) is 53.1 cm³/mol. The van der Waals surface area contributed by atoms with Crippen LogP contribution < -0.4 is 0 Å². The molecule has 0 aromatic carbocycles. The van der Waals surface area contributed by atoms with Crippen molar-refractivity contribution in [1.82, 2.24) is 14.5 Å². The van der Waals surface area contributed by atoms with Crippen LogP contribution in [0.25, 0.3) is 0 Å². The van der Waals surface area contributed by atoms with Gasteiger partial charge in [0.25, 0.3) is 0 Å². The van der Waals surface area contributed by atoms with E-state index in [2.05, 4.69) is 4.98 Å². The van der Waals surface area contributed by atoms with Crippen molar-refractivity contribution >= 4 is 17.5 Å². The topological polar surface area (TPSA) is 38.1 Å². The highest BCUT2D eigenvalue weighted by Crippen LogP contribution is 2.15. The molecule has 2 rings (SSSR count). The van der Waals surface area contributed by atoms with Crippen molar-refractivity contribution in [2.24, 2.45) is 0 Å². The lowest BCUT2D eigenvalue weighted by atomic mass is 10.4. The molecule has 2 heterocycles. The molecule has 1 amide bonds. The molecule has 14 heavy (non-hydrogen) atoms. The molecule has 1 unspecified atom stereocenters. The van der Waals surface area contributed by atoms with E-state index in [1.807, 2.05) is 10.8 Å². The SMILES string of the molecule is O=C1CC(Cl)CN1CCn1ccnc1. The van der Waals surface area contributed by atoms with Crippen molar-refractivity contribution in [3.63, 3.8) is 0 Å². The van der Waals surface area contributed by atoms with Gasteiger partial charge in [-0.25, -0.2) is 4.98 Å². The molecule has 1 aliphatic heterocycles. The minimum atomic E-state index is -0.00899. The molecule has 1 fully saturated rings. The third kappa shape index (κ3) is 2.07. The quantitative estimate of drug-likeness (QED) is 0.695. The van der Waals surface area contributed by atoms with Crippen molar-refractivity contribution in [3.8, 4) is 0 Å². The molecule has 0 radical (unpaired) electrons. The number of aromatic nitrogens is 2. The number of amides is 1. The monoisotopic (exact) mass is 213 g/mol. The van der Waals surface area contributed by atoms with Crippen LogP contribution in [-0.4, -0.2) is 38.8 Å². The molecule has 0 bridgehead atoms. The Kier molecular flexibility index (Phi) is 2.72. The fourth-order valence-electron chi connectivity index (χ4n) is 1.60. The lowest BCUT2D eigenvalue weighted by Gasteiger charge is -2.15. The molecule has 1 aliphatic rings. The van der Waals surface area contributed by atoms with Gasteiger partial charge in [-0.05, 0) is 0 Å². The van der Waals surface area contributed by atoms with Crippen molar-refractivity contribution in [1.29, 1.82) is 0 Å². The number of likely N-dealkylation sites (tertiary alicyclic amines) is 1. The highest BCUT2D eigenvalue weighted by Gasteiger charge is 2.27. The van der Waals surface area contributed by atoms with E-state index in [-0.39, 0.29) is 11.3 Å². The van der Waals surface area contributed by atoms with Crippen molar-refractivity contribution in [2.45, 2.75) is 18.3 Å². The lowest BCUT2D eigenvalue weighted by Crippen LogP contribution is -2.28. The second-order valence-corrected chi connectivity index (χ2v) is 4.06. The summed E-state index contributed by atoms with van der Waals surface area (Å²) in [7, 11) is 0. The Bertz CT molecular complexity index is 312. The smallest absolute Gasteiger partial charge is 0.224 e. The zero-order valence-electron chi connectivity index (χ0n) is 7.77. The second kappa shape index (κ2) is 4.00. The predicted octanol–water partition coefficient (Wildman–Crippen LogP) is 0.723. The van der Waals surface area contributed by atoms with E-state index in [0.717, 1.165) is 13.1 Å². The average Bonchev–Trinajstić information content (AvgIpc) is 2.72. The highest BCUT2D eigenvalue weighted by atomic mass is 35.5. The van der Waals surface area contributed by atoms with E-state index in [1.165, 1.54) is 0 Å². The van der Waals surface area contributed by atoms with Gasteiger partial charge < -0.3 is 9.47 Å². The van der Waals surface area contributed by atoms with Gasteiger partial charge in [0.05, 0.1) is 11.7 Å². The minimum Gasteiger partial charge on any atom is -0.339 e. The van der Waals surface area contributed by atoms with E-state index < -0.39 is 0 Å². The number of alkyl halides is 1. The molecule has 0 saturated carbocycles. The molecule has 1 aromatic heterocycles. The first-order valence-electron chi connectivity index (χ1n) is 4.63. The van der Waals surface area contributed by atoms with Gasteiger partial charge >= 0.3 is 0 Å². The maximum Gasteiger partial charge on any atom is 0.224 e. The van der Waals surface area contributed by atoms with Gasteiger partial charge in [0.1, 0.15) is 0 Å². The Labute approximate surface area is 87.5 Å². The molecule has 0 spiro atoms. The van der Waals surface area contributed by atoms with Crippen LogP contribution in [0, 0.1) is 0 Å². The van der Waals surface area contributed by atoms with E-state index in [0.29, 0.717) is 13.0 Å². The summed E-state index contributed by atoms with van der Waals surface area (Å²) < 4.78 is 1.95. The van der Waals surface area contributed by atoms with Gasteiger partial charge in [0.2, 0.25) is 5.91 Å². The normalized spacial score (nSPS) is 21.9. The van der Waals surface area contributed by atoms with Gasteiger partial charge in [-0.1, -0.05) is 0 Å². The van der Waals surface area contributed by atoms with Crippen LogP contribution in [0.3, 0.4) is 0 Å². The summed E-state index contributed by atoms with van der Waals surface area (Å²) in [6.45, 7) is 2.18. The number of rotatable bonds is 3. The zero-order valence-corrected chi connectivity index (χ0v) is 8.52. The summed E-state index contributed by atoms with van der Waals surface area (Å²) in [5, 5.41) is -0.00899. The third-order valence-corrected chi connectivity index (χ3v) is 2.65. The lowest BCUT2D eigenvalue weighted by molar-refractivity contribution is -0.127. The Morgan fingerprint density at radius 2 is 2.43 bits per heavy atom. The Balaban J connectivity index is 1.84. The first-order valence-corrected chi connectivity index (χ1v) is 5.07.